The summed E-state index contributed by atoms with van der Waals surface area (Å²) >= 11 is 0. The van der Waals surface area contributed by atoms with Crippen LogP contribution in [0.1, 0.15) is 23.2 Å². The quantitative estimate of drug-likeness (QED) is 0.436. The Morgan fingerprint density at radius 2 is 2.09 bits per heavy atom. The van der Waals surface area contributed by atoms with Gasteiger partial charge in [0.05, 0.1) is 18.1 Å². The molecule has 0 bridgehead atoms. The third-order valence-electron chi connectivity index (χ3n) is 3.99. The molecule has 0 aliphatic carbocycles. The summed E-state index contributed by atoms with van der Waals surface area (Å²) in [5.74, 6) is 0.300. The van der Waals surface area contributed by atoms with Gasteiger partial charge in [0.15, 0.2) is 0 Å². The van der Waals surface area contributed by atoms with E-state index in [2.05, 4.69) is 0 Å². The molecule has 126 valence electrons. The summed E-state index contributed by atoms with van der Waals surface area (Å²) in [5.41, 5.74) is 0.311. The molecule has 0 N–H and O–H groups in total. The number of carbonyl (C=O) groups is 1. The highest BCUT2D eigenvalue weighted by Gasteiger charge is 2.24. The van der Waals surface area contributed by atoms with Crippen LogP contribution in [0.25, 0.3) is 0 Å². The van der Waals surface area contributed by atoms with E-state index >= 15 is 0 Å². The Bertz CT molecular complexity index is 541. The fraction of sp³-hybridized carbons (Fsp3) is 0.562. The van der Waals surface area contributed by atoms with Crippen LogP contribution in [0.15, 0.2) is 24.3 Å². The third kappa shape index (κ3) is 5.01. The zero-order valence-corrected chi connectivity index (χ0v) is 13.3. The van der Waals surface area contributed by atoms with Crippen LogP contribution in [0.3, 0.4) is 0 Å². The second kappa shape index (κ2) is 8.59. The van der Waals surface area contributed by atoms with Gasteiger partial charge in [-0.1, -0.05) is 6.07 Å². The standard InChI is InChI=1S/C16H22N2O5/c1-22-9-10-23-12-13-5-7-17(8-6-13)16(19)14-3-2-4-15(11-14)18(20)21/h2-4,11,13H,5-10,12H2,1H3. The Morgan fingerprint density at radius 1 is 1.35 bits per heavy atom. The first-order valence-corrected chi connectivity index (χ1v) is 7.72. The Balaban J connectivity index is 1.84. The van der Waals surface area contributed by atoms with Crippen molar-refractivity contribution < 1.29 is 19.2 Å². The van der Waals surface area contributed by atoms with Gasteiger partial charge < -0.3 is 14.4 Å². The van der Waals surface area contributed by atoms with Gasteiger partial charge in [0.2, 0.25) is 0 Å². The van der Waals surface area contributed by atoms with Crippen molar-refractivity contribution in [2.75, 3.05) is 40.0 Å². The molecule has 1 amide bonds. The van der Waals surface area contributed by atoms with Crippen molar-refractivity contribution in [1.29, 1.82) is 0 Å². The van der Waals surface area contributed by atoms with Crippen LogP contribution in [-0.4, -0.2) is 55.8 Å². The van der Waals surface area contributed by atoms with Crippen molar-refractivity contribution in [2.45, 2.75) is 12.8 Å². The van der Waals surface area contributed by atoms with Gasteiger partial charge in [-0.15, -0.1) is 0 Å². The maximum Gasteiger partial charge on any atom is 0.270 e. The van der Waals surface area contributed by atoms with Gasteiger partial charge in [-0.05, 0) is 24.8 Å². The van der Waals surface area contributed by atoms with Gasteiger partial charge in [0, 0.05) is 44.5 Å². The van der Waals surface area contributed by atoms with E-state index in [1.807, 2.05) is 0 Å². The summed E-state index contributed by atoms with van der Waals surface area (Å²) in [6.07, 6.45) is 1.77. The normalized spacial score (nSPS) is 15.6. The van der Waals surface area contributed by atoms with Crippen molar-refractivity contribution >= 4 is 11.6 Å². The molecule has 1 aromatic carbocycles. The van der Waals surface area contributed by atoms with Gasteiger partial charge in [-0.3, -0.25) is 14.9 Å². The minimum absolute atomic E-state index is 0.0581. The van der Waals surface area contributed by atoms with E-state index in [4.69, 9.17) is 9.47 Å². The first-order valence-electron chi connectivity index (χ1n) is 7.72. The second-order valence-corrected chi connectivity index (χ2v) is 5.61. The number of benzene rings is 1. The fourth-order valence-corrected chi connectivity index (χ4v) is 2.63. The topological polar surface area (TPSA) is 81.9 Å². The average Bonchev–Trinajstić information content (AvgIpc) is 2.59. The lowest BCUT2D eigenvalue weighted by Gasteiger charge is -2.32. The number of nitro benzene ring substituents is 1. The van der Waals surface area contributed by atoms with E-state index in [-0.39, 0.29) is 11.6 Å². The molecular formula is C16H22N2O5. The third-order valence-corrected chi connectivity index (χ3v) is 3.99. The number of nitro groups is 1. The van der Waals surface area contributed by atoms with Crippen molar-refractivity contribution in [1.82, 2.24) is 4.90 Å². The summed E-state index contributed by atoms with van der Waals surface area (Å²) in [7, 11) is 1.64. The number of amides is 1. The lowest BCUT2D eigenvalue weighted by atomic mass is 9.97. The lowest BCUT2D eigenvalue weighted by Crippen LogP contribution is -2.39. The first kappa shape index (κ1) is 17.4. The molecule has 0 atom stereocenters. The minimum Gasteiger partial charge on any atom is -0.382 e. The molecule has 0 radical (unpaired) electrons. The molecule has 0 spiro atoms. The van der Waals surface area contributed by atoms with Crippen LogP contribution < -0.4 is 0 Å². The highest BCUT2D eigenvalue weighted by Crippen LogP contribution is 2.21. The number of nitrogens with zero attached hydrogens (tertiary/aromatic N) is 2. The first-order chi connectivity index (χ1) is 11.1. The minimum atomic E-state index is -0.486. The highest BCUT2D eigenvalue weighted by atomic mass is 16.6. The van der Waals surface area contributed by atoms with Gasteiger partial charge in [-0.25, -0.2) is 0 Å². The molecular weight excluding hydrogens is 300 g/mol. The molecule has 7 heteroatoms. The van der Waals surface area contributed by atoms with Crippen molar-refractivity contribution in [3.8, 4) is 0 Å². The molecule has 23 heavy (non-hydrogen) atoms. The SMILES string of the molecule is COCCOCC1CCN(C(=O)c2cccc([N+](=O)[O-])c2)CC1. The molecule has 7 nitrogen and oxygen atoms in total. The molecule has 1 aromatic rings. The number of methoxy groups -OCH3 is 1. The Hall–Kier alpha value is -1.99. The molecule has 1 fully saturated rings. The number of carbonyl (C=O) groups excluding carboxylic acids is 1. The van der Waals surface area contributed by atoms with Gasteiger partial charge >= 0.3 is 0 Å². The van der Waals surface area contributed by atoms with E-state index in [1.165, 1.54) is 12.1 Å². The number of likely N-dealkylation sites (tertiary alicyclic amines) is 1. The maximum atomic E-state index is 12.4. The molecule has 2 rings (SSSR count). The monoisotopic (exact) mass is 322 g/mol. The van der Waals surface area contributed by atoms with E-state index in [1.54, 1.807) is 24.1 Å². The van der Waals surface area contributed by atoms with Crippen LogP contribution in [0.5, 0.6) is 0 Å². The van der Waals surface area contributed by atoms with Crippen LogP contribution in [0, 0.1) is 16.0 Å². The van der Waals surface area contributed by atoms with E-state index in [0.717, 1.165) is 12.8 Å². The van der Waals surface area contributed by atoms with Crippen LogP contribution >= 0.6 is 0 Å². The molecule has 0 saturated carbocycles. The average molecular weight is 322 g/mol. The summed E-state index contributed by atoms with van der Waals surface area (Å²) < 4.78 is 10.5. The molecule has 1 aliphatic rings. The van der Waals surface area contributed by atoms with Crippen LogP contribution in [-0.2, 0) is 9.47 Å². The molecule has 1 saturated heterocycles. The van der Waals surface area contributed by atoms with Crippen LogP contribution in [0.4, 0.5) is 5.69 Å². The summed E-state index contributed by atoms with van der Waals surface area (Å²) in [4.78, 5) is 24.5. The van der Waals surface area contributed by atoms with Crippen molar-refractivity contribution in [3.63, 3.8) is 0 Å². The number of non-ortho nitro benzene ring substituents is 1. The molecule has 1 heterocycles. The Morgan fingerprint density at radius 3 is 2.74 bits per heavy atom. The number of piperidine rings is 1. The zero-order valence-electron chi connectivity index (χ0n) is 13.3. The van der Waals surface area contributed by atoms with Crippen LogP contribution in [0.2, 0.25) is 0 Å². The van der Waals surface area contributed by atoms with E-state index in [0.29, 0.717) is 44.4 Å². The van der Waals surface area contributed by atoms with E-state index in [9.17, 15) is 14.9 Å². The summed E-state index contributed by atoms with van der Waals surface area (Å²) in [5, 5.41) is 10.8. The number of hydrogen-bond donors (Lipinski definition) is 0. The molecule has 0 unspecified atom stereocenters. The van der Waals surface area contributed by atoms with Gasteiger partial charge in [0.1, 0.15) is 0 Å². The number of ether oxygens (including phenoxy) is 2. The van der Waals surface area contributed by atoms with Crippen molar-refractivity contribution in [3.05, 3.63) is 39.9 Å². The fourth-order valence-electron chi connectivity index (χ4n) is 2.63. The second-order valence-electron chi connectivity index (χ2n) is 5.61. The summed E-state index contributed by atoms with van der Waals surface area (Å²) in [6, 6.07) is 5.89. The maximum absolute atomic E-state index is 12.4. The van der Waals surface area contributed by atoms with Gasteiger partial charge in [0.25, 0.3) is 11.6 Å². The van der Waals surface area contributed by atoms with E-state index < -0.39 is 4.92 Å². The predicted molar refractivity (Wildman–Crippen MR) is 84.4 cm³/mol. The molecule has 0 aromatic heterocycles. The largest absolute Gasteiger partial charge is 0.382 e. The lowest BCUT2D eigenvalue weighted by molar-refractivity contribution is -0.384. The number of hydrogen-bond acceptors (Lipinski definition) is 5. The highest BCUT2D eigenvalue weighted by molar-refractivity contribution is 5.94. The molecule has 1 aliphatic heterocycles. The zero-order chi connectivity index (χ0) is 16.7. The summed E-state index contributed by atoms with van der Waals surface area (Å²) in [6.45, 7) is 3.16. The Labute approximate surface area is 135 Å². The predicted octanol–water partition coefficient (Wildman–Crippen LogP) is 2.11. The number of rotatable bonds is 7. The Kier molecular flexibility index (Phi) is 6.49. The van der Waals surface area contributed by atoms with Gasteiger partial charge in [-0.2, -0.15) is 0 Å². The smallest absolute Gasteiger partial charge is 0.270 e. The van der Waals surface area contributed by atoms with Crippen molar-refractivity contribution in [2.24, 2.45) is 5.92 Å².